The van der Waals surface area contributed by atoms with Crippen molar-refractivity contribution < 1.29 is 8.78 Å². The van der Waals surface area contributed by atoms with Crippen molar-refractivity contribution in [3.05, 3.63) is 35.4 Å². The van der Waals surface area contributed by atoms with Gasteiger partial charge in [0.2, 0.25) is 0 Å². The minimum absolute atomic E-state index is 0.189. The third-order valence-electron chi connectivity index (χ3n) is 3.22. The van der Waals surface area contributed by atoms with Gasteiger partial charge in [-0.2, -0.15) is 0 Å². The van der Waals surface area contributed by atoms with E-state index in [9.17, 15) is 8.78 Å². The molecule has 2 rings (SSSR count). The molecule has 0 aromatic heterocycles. The summed E-state index contributed by atoms with van der Waals surface area (Å²) in [6.45, 7) is 2.10. The van der Waals surface area contributed by atoms with Crippen LogP contribution < -0.4 is 5.32 Å². The number of hydrogen-bond acceptors (Lipinski definition) is 1. The summed E-state index contributed by atoms with van der Waals surface area (Å²) < 4.78 is 27.0. The molecule has 1 aliphatic rings. The first-order valence-corrected chi connectivity index (χ1v) is 5.26. The normalized spacial score (nSPS) is 26.4. The highest BCUT2D eigenvalue weighted by Crippen LogP contribution is 2.47. The first-order valence-electron chi connectivity index (χ1n) is 5.26. The molecule has 0 aliphatic heterocycles. The average Bonchev–Trinajstić information content (AvgIpc) is 2.89. The van der Waals surface area contributed by atoms with Crippen molar-refractivity contribution in [2.45, 2.75) is 19.4 Å². The Hall–Kier alpha value is -0.960. The fraction of sp³-hybridized carbons (Fsp3) is 0.500. The summed E-state index contributed by atoms with van der Waals surface area (Å²) in [5.74, 6) is 0.0183. The second kappa shape index (κ2) is 3.89. The van der Waals surface area contributed by atoms with Gasteiger partial charge in [0, 0.05) is 11.6 Å². The summed E-state index contributed by atoms with van der Waals surface area (Å²) in [5.41, 5.74) is 0.189. The number of rotatable bonds is 3. The molecule has 1 nitrogen and oxygen atoms in total. The highest BCUT2D eigenvalue weighted by atomic mass is 19.1. The van der Waals surface area contributed by atoms with Crippen molar-refractivity contribution >= 4 is 0 Å². The minimum atomic E-state index is -0.451. The molecule has 15 heavy (non-hydrogen) atoms. The van der Waals surface area contributed by atoms with E-state index in [4.69, 9.17) is 0 Å². The second-order valence-electron chi connectivity index (χ2n) is 4.28. The van der Waals surface area contributed by atoms with Crippen LogP contribution in [0.1, 0.15) is 24.9 Å². The number of halogens is 2. The van der Waals surface area contributed by atoms with Gasteiger partial charge in [-0.3, -0.25) is 0 Å². The molecule has 1 saturated carbocycles. The van der Waals surface area contributed by atoms with Gasteiger partial charge < -0.3 is 5.32 Å². The van der Waals surface area contributed by atoms with Crippen LogP contribution in [0.5, 0.6) is 0 Å². The first-order chi connectivity index (χ1) is 7.15. The Morgan fingerprint density at radius 3 is 2.27 bits per heavy atom. The van der Waals surface area contributed by atoms with Crippen LogP contribution in [0.2, 0.25) is 0 Å². The molecule has 0 bridgehead atoms. The van der Waals surface area contributed by atoms with Gasteiger partial charge in [-0.15, -0.1) is 0 Å². The Labute approximate surface area is 88.5 Å². The molecule has 1 aromatic rings. The Morgan fingerprint density at radius 2 is 1.87 bits per heavy atom. The summed E-state index contributed by atoms with van der Waals surface area (Å²) in [6.07, 6.45) is 1.04. The lowest BCUT2D eigenvalue weighted by atomic mass is 10.00. The third-order valence-corrected chi connectivity index (χ3v) is 3.22. The van der Waals surface area contributed by atoms with E-state index >= 15 is 0 Å². The zero-order chi connectivity index (χ0) is 11.0. The molecule has 1 fully saturated rings. The van der Waals surface area contributed by atoms with Gasteiger partial charge in [-0.05, 0) is 37.4 Å². The van der Waals surface area contributed by atoms with Gasteiger partial charge in [0.15, 0.2) is 0 Å². The van der Waals surface area contributed by atoms with Crippen molar-refractivity contribution in [1.82, 2.24) is 5.32 Å². The summed E-state index contributed by atoms with van der Waals surface area (Å²) in [4.78, 5) is 0. The van der Waals surface area contributed by atoms with Gasteiger partial charge in [0.1, 0.15) is 11.6 Å². The summed E-state index contributed by atoms with van der Waals surface area (Å²) in [6, 6.07) is 3.84. The third kappa shape index (κ3) is 1.88. The molecule has 3 atom stereocenters. The minimum Gasteiger partial charge on any atom is -0.313 e. The topological polar surface area (TPSA) is 12.0 Å². The Kier molecular flexibility index (Phi) is 2.74. The molecule has 3 heteroatoms. The quantitative estimate of drug-likeness (QED) is 0.810. The molecule has 0 saturated heterocycles. The summed E-state index contributed by atoms with van der Waals surface area (Å²) in [5, 5.41) is 3.01. The van der Waals surface area contributed by atoms with E-state index in [0.717, 1.165) is 6.42 Å². The molecule has 1 aliphatic carbocycles. The lowest BCUT2D eigenvalue weighted by Crippen LogP contribution is -2.21. The molecule has 0 amide bonds. The molecular formula is C12H15F2N. The smallest absolute Gasteiger partial charge is 0.130 e. The van der Waals surface area contributed by atoms with Crippen molar-refractivity contribution in [3.63, 3.8) is 0 Å². The van der Waals surface area contributed by atoms with Crippen LogP contribution >= 0.6 is 0 Å². The number of nitrogens with one attached hydrogen (secondary N) is 1. The largest absolute Gasteiger partial charge is 0.313 e. The Balaban J connectivity index is 2.34. The van der Waals surface area contributed by atoms with Gasteiger partial charge >= 0.3 is 0 Å². The maximum absolute atomic E-state index is 13.5. The molecule has 0 radical (unpaired) electrons. The van der Waals surface area contributed by atoms with Crippen molar-refractivity contribution in [3.8, 4) is 0 Å². The SMILES string of the molecule is CNC(c1c(F)cccc1F)C1CC1C. The molecule has 0 spiro atoms. The van der Waals surface area contributed by atoms with Crippen LogP contribution in [0.4, 0.5) is 8.78 Å². The van der Waals surface area contributed by atoms with E-state index in [0.29, 0.717) is 11.8 Å². The lowest BCUT2D eigenvalue weighted by Gasteiger charge is -2.17. The van der Waals surface area contributed by atoms with Gasteiger partial charge in [-0.1, -0.05) is 13.0 Å². The van der Waals surface area contributed by atoms with E-state index in [-0.39, 0.29) is 11.6 Å². The average molecular weight is 211 g/mol. The van der Waals surface area contributed by atoms with E-state index in [2.05, 4.69) is 12.2 Å². The molecule has 3 unspecified atom stereocenters. The molecule has 1 N–H and O–H groups in total. The number of benzene rings is 1. The predicted molar refractivity (Wildman–Crippen MR) is 55.4 cm³/mol. The first kappa shape index (κ1) is 10.6. The van der Waals surface area contributed by atoms with Gasteiger partial charge in [-0.25, -0.2) is 8.78 Å². The lowest BCUT2D eigenvalue weighted by molar-refractivity contribution is 0.445. The van der Waals surface area contributed by atoms with Crippen molar-refractivity contribution in [2.75, 3.05) is 7.05 Å². The molecule has 1 aromatic carbocycles. The van der Waals surface area contributed by atoms with E-state index < -0.39 is 11.6 Å². The zero-order valence-electron chi connectivity index (χ0n) is 8.93. The standard InChI is InChI=1S/C12H15F2N/c1-7-6-8(7)12(15-2)11-9(13)4-3-5-10(11)14/h3-5,7-8,12,15H,6H2,1-2H3. The van der Waals surface area contributed by atoms with Crippen LogP contribution in [0.25, 0.3) is 0 Å². The van der Waals surface area contributed by atoms with Crippen LogP contribution in [-0.4, -0.2) is 7.05 Å². The fourth-order valence-corrected chi connectivity index (χ4v) is 2.20. The van der Waals surface area contributed by atoms with E-state index in [1.807, 2.05) is 0 Å². The highest BCUT2D eigenvalue weighted by molar-refractivity contribution is 5.25. The second-order valence-corrected chi connectivity index (χ2v) is 4.28. The fourth-order valence-electron chi connectivity index (χ4n) is 2.20. The Bertz CT molecular complexity index is 344. The zero-order valence-corrected chi connectivity index (χ0v) is 8.93. The van der Waals surface area contributed by atoms with Crippen molar-refractivity contribution in [1.29, 1.82) is 0 Å². The predicted octanol–water partition coefficient (Wildman–Crippen LogP) is 2.88. The van der Waals surface area contributed by atoms with Crippen LogP contribution in [0.3, 0.4) is 0 Å². The van der Waals surface area contributed by atoms with Crippen molar-refractivity contribution in [2.24, 2.45) is 11.8 Å². The van der Waals surface area contributed by atoms with Gasteiger partial charge in [0.05, 0.1) is 0 Å². The molecule has 0 heterocycles. The Morgan fingerprint density at radius 1 is 1.33 bits per heavy atom. The highest BCUT2D eigenvalue weighted by Gasteiger charge is 2.41. The van der Waals surface area contributed by atoms with E-state index in [1.54, 1.807) is 7.05 Å². The molecule has 82 valence electrons. The summed E-state index contributed by atoms with van der Waals surface area (Å²) in [7, 11) is 1.75. The van der Waals surface area contributed by atoms with Crippen LogP contribution in [-0.2, 0) is 0 Å². The maximum Gasteiger partial charge on any atom is 0.130 e. The summed E-state index contributed by atoms with van der Waals surface area (Å²) >= 11 is 0. The molecular weight excluding hydrogens is 196 g/mol. The van der Waals surface area contributed by atoms with E-state index in [1.165, 1.54) is 18.2 Å². The number of hydrogen-bond donors (Lipinski definition) is 1. The maximum atomic E-state index is 13.5. The van der Waals surface area contributed by atoms with Crippen LogP contribution in [0.15, 0.2) is 18.2 Å². The van der Waals surface area contributed by atoms with Crippen LogP contribution in [0, 0.1) is 23.5 Å². The van der Waals surface area contributed by atoms with Gasteiger partial charge in [0.25, 0.3) is 0 Å². The monoisotopic (exact) mass is 211 g/mol.